The molecule has 0 unspecified atom stereocenters. The summed E-state index contributed by atoms with van der Waals surface area (Å²) in [6, 6.07) is 4.90. The van der Waals surface area contributed by atoms with Crippen molar-refractivity contribution in [3.8, 4) is 0 Å². The van der Waals surface area contributed by atoms with Crippen LogP contribution in [0.5, 0.6) is 0 Å². The second-order valence-electron chi connectivity index (χ2n) is 2.62. The molecule has 0 atom stereocenters. The summed E-state index contributed by atoms with van der Waals surface area (Å²) >= 11 is 5.38. The minimum atomic E-state index is -0.451. The van der Waals surface area contributed by atoms with E-state index in [0.29, 0.717) is 0 Å². The first-order valence-corrected chi connectivity index (χ1v) is 4.37. The van der Waals surface area contributed by atoms with Crippen LogP contribution in [0.1, 0.15) is 17.4 Å². The summed E-state index contributed by atoms with van der Waals surface area (Å²) in [6.45, 7) is 1.29. The average Bonchev–Trinajstić information content (AvgIpc) is 2.19. The minimum absolute atomic E-state index is 0.0506. The van der Waals surface area contributed by atoms with Crippen molar-refractivity contribution in [2.45, 2.75) is 6.92 Å². The van der Waals surface area contributed by atoms with E-state index in [2.05, 4.69) is 4.98 Å². The number of hydrogen-bond donors (Lipinski definition) is 0. The molecule has 0 aromatic carbocycles. The van der Waals surface area contributed by atoms with Crippen LogP contribution in [0.4, 0.5) is 0 Å². The summed E-state index contributed by atoms with van der Waals surface area (Å²) in [7, 11) is 0. The van der Waals surface area contributed by atoms with Gasteiger partial charge in [0.1, 0.15) is 5.69 Å². The van der Waals surface area contributed by atoms with Gasteiger partial charge in [-0.1, -0.05) is 17.7 Å². The van der Waals surface area contributed by atoms with E-state index in [1.165, 1.54) is 19.2 Å². The number of ketones is 2. The van der Waals surface area contributed by atoms with Gasteiger partial charge in [-0.25, -0.2) is 0 Å². The Balaban J connectivity index is 3.02. The zero-order chi connectivity index (χ0) is 10.6. The van der Waals surface area contributed by atoms with Gasteiger partial charge in [0.15, 0.2) is 5.78 Å². The van der Waals surface area contributed by atoms with E-state index >= 15 is 0 Å². The number of carbonyl (C=O) groups is 2. The smallest absolute Gasteiger partial charge is 0.215 e. The van der Waals surface area contributed by atoms with Crippen LogP contribution in [0.3, 0.4) is 0 Å². The fourth-order valence-corrected chi connectivity index (χ4v) is 1.17. The van der Waals surface area contributed by atoms with Gasteiger partial charge in [-0.2, -0.15) is 0 Å². The molecule has 3 nitrogen and oxygen atoms in total. The van der Waals surface area contributed by atoms with Crippen LogP contribution in [0.2, 0.25) is 0 Å². The van der Waals surface area contributed by atoms with Crippen molar-refractivity contribution >= 4 is 23.2 Å². The van der Waals surface area contributed by atoms with Crippen molar-refractivity contribution in [2.75, 3.05) is 0 Å². The molecule has 0 N–H and O–H groups in total. The SMILES string of the molecule is CC(=O)/C(=C\Cl)C(=O)c1ccccn1. The van der Waals surface area contributed by atoms with Crippen molar-refractivity contribution in [1.29, 1.82) is 0 Å². The van der Waals surface area contributed by atoms with E-state index in [9.17, 15) is 9.59 Å². The molecule has 0 amide bonds. The standard InChI is InChI=1S/C10H8ClNO2/c1-7(13)8(6-11)10(14)9-4-2-3-5-12-9/h2-6H,1H3/b8-6+. The number of allylic oxidation sites excluding steroid dienone is 1. The van der Waals surface area contributed by atoms with Crippen molar-refractivity contribution < 1.29 is 9.59 Å². The number of pyridine rings is 1. The molecule has 14 heavy (non-hydrogen) atoms. The Kier molecular flexibility index (Phi) is 3.54. The van der Waals surface area contributed by atoms with Gasteiger partial charge in [-0.3, -0.25) is 14.6 Å². The normalized spacial score (nSPS) is 11.1. The number of rotatable bonds is 3. The van der Waals surface area contributed by atoms with E-state index in [0.717, 1.165) is 5.54 Å². The highest BCUT2D eigenvalue weighted by Gasteiger charge is 2.16. The molecule has 72 valence electrons. The van der Waals surface area contributed by atoms with Crippen LogP contribution in [0.25, 0.3) is 0 Å². The molecule has 4 heteroatoms. The summed E-state index contributed by atoms with van der Waals surface area (Å²) < 4.78 is 0. The van der Waals surface area contributed by atoms with Gasteiger partial charge >= 0.3 is 0 Å². The lowest BCUT2D eigenvalue weighted by Crippen LogP contribution is -2.11. The van der Waals surface area contributed by atoms with Crippen molar-refractivity contribution in [2.24, 2.45) is 0 Å². The monoisotopic (exact) mass is 209 g/mol. The quantitative estimate of drug-likeness (QED) is 0.331. The topological polar surface area (TPSA) is 47.0 Å². The van der Waals surface area contributed by atoms with E-state index in [1.807, 2.05) is 0 Å². The van der Waals surface area contributed by atoms with Crippen LogP contribution in [0, 0.1) is 0 Å². The Bertz CT molecular complexity index is 384. The molecular weight excluding hydrogens is 202 g/mol. The highest BCUT2D eigenvalue weighted by Crippen LogP contribution is 2.07. The Morgan fingerprint density at radius 2 is 2.14 bits per heavy atom. The molecule has 0 spiro atoms. The van der Waals surface area contributed by atoms with Crippen molar-refractivity contribution in [1.82, 2.24) is 4.98 Å². The maximum atomic E-state index is 11.6. The molecule has 1 aromatic rings. The van der Waals surface area contributed by atoms with Crippen LogP contribution >= 0.6 is 11.6 Å². The zero-order valence-electron chi connectivity index (χ0n) is 7.53. The summed E-state index contributed by atoms with van der Waals surface area (Å²) in [5.74, 6) is -0.816. The molecule has 0 aliphatic rings. The van der Waals surface area contributed by atoms with E-state index in [-0.39, 0.29) is 17.1 Å². The lowest BCUT2D eigenvalue weighted by Gasteiger charge is -1.99. The molecule has 0 fully saturated rings. The van der Waals surface area contributed by atoms with Crippen LogP contribution in [-0.4, -0.2) is 16.6 Å². The molecule has 1 rings (SSSR count). The molecule has 0 bridgehead atoms. The number of hydrogen-bond acceptors (Lipinski definition) is 3. The average molecular weight is 210 g/mol. The molecule has 0 radical (unpaired) electrons. The number of halogens is 1. The van der Waals surface area contributed by atoms with E-state index in [1.54, 1.807) is 12.1 Å². The Labute approximate surface area is 86.4 Å². The molecule has 0 aliphatic carbocycles. The molecule has 0 saturated carbocycles. The fourth-order valence-electron chi connectivity index (χ4n) is 0.921. The Hall–Kier alpha value is -1.48. The summed E-state index contributed by atoms with van der Waals surface area (Å²) in [5, 5.41) is 0. The molecule has 0 saturated heterocycles. The maximum absolute atomic E-state index is 11.6. The summed E-state index contributed by atoms with van der Waals surface area (Å²) in [6.07, 6.45) is 1.49. The Morgan fingerprint density at radius 1 is 1.43 bits per heavy atom. The maximum Gasteiger partial charge on any atom is 0.215 e. The third-order valence-corrected chi connectivity index (χ3v) is 1.85. The Morgan fingerprint density at radius 3 is 2.57 bits per heavy atom. The minimum Gasteiger partial charge on any atom is -0.294 e. The third-order valence-electron chi connectivity index (χ3n) is 1.63. The van der Waals surface area contributed by atoms with Gasteiger partial charge in [0.25, 0.3) is 0 Å². The summed E-state index contributed by atoms with van der Waals surface area (Å²) in [4.78, 5) is 26.4. The fraction of sp³-hybridized carbons (Fsp3) is 0.100. The van der Waals surface area contributed by atoms with E-state index in [4.69, 9.17) is 11.6 Å². The van der Waals surface area contributed by atoms with Crippen LogP contribution in [-0.2, 0) is 4.79 Å². The number of aromatic nitrogens is 1. The van der Waals surface area contributed by atoms with Gasteiger partial charge in [0.05, 0.1) is 5.57 Å². The van der Waals surface area contributed by atoms with Gasteiger partial charge in [-0.05, 0) is 19.1 Å². The van der Waals surface area contributed by atoms with E-state index < -0.39 is 5.78 Å². The molecular formula is C10H8ClNO2. The van der Waals surface area contributed by atoms with Gasteiger partial charge in [0.2, 0.25) is 5.78 Å². The van der Waals surface area contributed by atoms with Crippen molar-refractivity contribution in [3.63, 3.8) is 0 Å². The molecule has 0 aliphatic heterocycles. The van der Waals surface area contributed by atoms with Gasteiger partial charge in [0, 0.05) is 11.7 Å². The van der Waals surface area contributed by atoms with Crippen LogP contribution < -0.4 is 0 Å². The number of carbonyl (C=O) groups excluding carboxylic acids is 2. The molecule has 1 heterocycles. The summed E-state index contributed by atoms with van der Waals surface area (Å²) in [5.41, 5.74) is 1.15. The predicted octanol–water partition coefficient (Wildman–Crippen LogP) is 1.98. The largest absolute Gasteiger partial charge is 0.294 e. The predicted molar refractivity (Wildman–Crippen MR) is 53.2 cm³/mol. The third kappa shape index (κ3) is 2.26. The van der Waals surface area contributed by atoms with Crippen LogP contribution in [0.15, 0.2) is 35.5 Å². The first-order chi connectivity index (χ1) is 6.66. The lowest BCUT2D eigenvalue weighted by atomic mass is 10.1. The van der Waals surface area contributed by atoms with Gasteiger partial charge in [-0.15, -0.1) is 0 Å². The second kappa shape index (κ2) is 4.67. The second-order valence-corrected chi connectivity index (χ2v) is 2.84. The zero-order valence-corrected chi connectivity index (χ0v) is 8.28. The first kappa shape index (κ1) is 10.6. The van der Waals surface area contributed by atoms with Crippen molar-refractivity contribution in [3.05, 3.63) is 41.2 Å². The highest BCUT2D eigenvalue weighted by molar-refractivity contribution is 6.35. The number of nitrogens with zero attached hydrogens (tertiary/aromatic N) is 1. The number of Topliss-reactive ketones (excluding diaryl/α,β-unsaturated/α-hetero) is 2. The highest BCUT2D eigenvalue weighted by atomic mass is 35.5. The lowest BCUT2D eigenvalue weighted by molar-refractivity contribution is -0.113. The first-order valence-electron chi connectivity index (χ1n) is 3.94. The van der Waals surface area contributed by atoms with Gasteiger partial charge < -0.3 is 0 Å². The molecule has 1 aromatic heterocycles.